The van der Waals surface area contributed by atoms with Crippen molar-refractivity contribution < 1.29 is 0 Å². The van der Waals surface area contributed by atoms with Crippen molar-refractivity contribution in [2.24, 2.45) is 0 Å². The van der Waals surface area contributed by atoms with Crippen LogP contribution in [0.15, 0.2) is 18.2 Å². The summed E-state index contributed by atoms with van der Waals surface area (Å²) in [6.07, 6.45) is 3.99. The topological polar surface area (TPSA) is 19.4 Å². The van der Waals surface area contributed by atoms with Crippen molar-refractivity contribution in [2.75, 3.05) is 27.2 Å². The fourth-order valence-electron chi connectivity index (χ4n) is 2.68. The molecule has 1 atom stereocenters. The first-order valence-electron chi connectivity index (χ1n) is 6.96. The van der Waals surface area contributed by atoms with Crippen LogP contribution in [0.2, 0.25) is 0 Å². The Morgan fingerprint density at radius 2 is 2.17 bits per heavy atom. The maximum Gasteiger partial charge on any atom is 0.0547 e. The van der Waals surface area contributed by atoms with E-state index in [1.165, 1.54) is 38.0 Å². The molecule has 2 heterocycles. The number of likely N-dealkylation sites (tertiary alicyclic amines) is 1. The van der Waals surface area contributed by atoms with E-state index in [0.29, 0.717) is 6.04 Å². The lowest BCUT2D eigenvalue weighted by atomic mass is 10.1. The molecule has 2 rings (SSSR count). The van der Waals surface area contributed by atoms with E-state index in [1.54, 1.807) is 0 Å². The molecule has 0 amide bonds. The maximum atomic E-state index is 4.61. The van der Waals surface area contributed by atoms with Gasteiger partial charge >= 0.3 is 0 Å². The molecule has 1 aromatic rings. The third-order valence-electron chi connectivity index (χ3n) is 3.79. The predicted molar refractivity (Wildman–Crippen MR) is 75.6 cm³/mol. The SMILES string of the molecule is Cc1cccc(CN2CCCCC(N(C)C)C2)n1. The average Bonchev–Trinajstić information content (AvgIpc) is 2.55. The highest BCUT2D eigenvalue weighted by Crippen LogP contribution is 2.15. The summed E-state index contributed by atoms with van der Waals surface area (Å²) >= 11 is 0. The van der Waals surface area contributed by atoms with Crippen molar-refractivity contribution in [1.82, 2.24) is 14.8 Å². The van der Waals surface area contributed by atoms with E-state index in [9.17, 15) is 0 Å². The number of hydrogen-bond acceptors (Lipinski definition) is 3. The number of nitrogens with zero attached hydrogens (tertiary/aromatic N) is 3. The van der Waals surface area contributed by atoms with Gasteiger partial charge < -0.3 is 4.90 Å². The molecule has 0 saturated carbocycles. The lowest BCUT2D eigenvalue weighted by Crippen LogP contribution is -2.38. The Hall–Kier alpha value is -0.930. The van der Waals surface area contributed by atoms with Gasteiger partial charge in [0.05, 0.1) is 5.69 Å². The average molecular weight is 247 g/mol. The van der Waals surface area contributed by atoms with Crippen molar-refractivity contribution in [3.8, 4) is 0 Å². The minimum Gasteiger partial charge on any atom is -0.305 e. The van der Waals surface area contributed by atoms with Crippen LogP contribution in [-0.2, 0) is 6.54 Å². The molecule has 1 unspecified atom stereocenters. The summed E-state index contributed by atoms with van der Waals surface area (Å²) in [4.78, 5) is 9.53. The minimum absolute atomic E-state index is 0.692. The van der Waals surface area contributed by atoms with E-state index in [2.05, 4.69) is 54.0 Å². The van der Waals surface area contributed by atoms with Crippen LogP contribution in [-0.4, -0.2) is 48.0 Å². The highest BCUT2D eigenvalue weighted by atomic mass is 15.2. The Labute approximate surface area is 111 Å². The van der Waals surface area contributed by atoms with Gasteiger partial charge in [-0.15, -0.1) is 0 Å². The quantitative estimate of drug-likeness (QED) is 0.817. The Morgan fingerprint density at radius 1 is 1.33 bits per heavy atom. The number of rotatable bonds is 3. The van der Waals surface area contributed by atoms with Gasteiger partial charge in [-0.2, -0.15) is 0 Å². The van der Waals surface area contributed by atoms with Crippen LogP contribution in [0.5, 0.6) is 0 Å². The van der Waals surface area contributed by atoms with Gasteiger partial charge in [0.15, 0.2) is 0 Å². The molecule has 1 fully saturated rings. The van der Waals surface area contributed by atoms with E-state index in [-0.39, 0.29) is 0 Å². The highest BCUT2D eigenvalue weighted by molar-refractivity contribution is 5.09. The summed E-state index contributed by atoms with van der Waals surface area (Å²) in [5.41, 5.74) is 2.32. The van der Waals surface area contributed by atoms with Crippen LogP contribution in [0.4, 0.5) is 0 Å². The van der Waals surface area contributed by atoms with Crippen LogP contribution in [0, 0.1) is 6.92 Å². The zero-order valence-corrected chi connectivity index (χ0v) is 11.9. The van der Waals surface area contributed by atoms with Crippen molar-refractivity contribution >= 4 is 0 Å². The molecule has 1 aliphatic rings. The first kappa shape index (κ1) is 13.5. The maximum absolute atomic E-state index is 4.61. The zero-order valence-electron chi connectivity index (χ0n) is 11.9. The lowest BCUT2D eigenvalue weighted by Gasteiger charge is -2.28. The molecule has 0 radical (unpaired) electrons. The predicted octanol–water partition coefficient (Wildman–Crippen LogP) is 2.31. The van der Waals surface area contributed by atoms with Gasteiger partial charge in [0.1, 0.15) is 0 Å². The van der Waals surface area contributed by atoms with E-state index in [4.69, 9.17) is 0 Å². The Bertz CT molecular complexity index is 376. The second kappa shape index (κ2) is 6.30. The summed E-state index contributed by atoms with van der Waals surface area (Å²) in [5, 5.41) is 0. The van der Waals surface area contributed by atoms with Gasteiger partial charge in [-0.25, -0.2) is 0 Å². The molecule has 3 heteroatoms. The van der Waals surface area contributed by atoms with Crippen LogP contribution in [0.1, 0.15) is 30.7 Å². The standard InChI is InChI=1S/C15H25N3/c1-13-7-6-8-14(16-13)11-18-10-5-4-9-15(12-18)17(2)3/h6-8,15H,4-5,9-12H2,1-3H3. The molecular formula is C15H25N3. The van der Waals surface area contributed by atoms with Crippen molar-refractivity contribution in [3.63, 3.8) is 0 Å². The molecule has 0 aliphatic carbocycles. The summed E-state index contributed by atoms with van der Waals surface area (Å²) in [6, 6.07) is 7.01. The van der Waals surface area contributed by atoms with Gasteiger partial charge in [-0.3, -0.25) is 9.88 Å². The van der Waals surface area contributed by atoms with E-state index >= 15 is 0 Å². The summed E-state index contributed by atoms with van der Waals surface area (Å²) in [7, 11) is 4.39. The normalized spacial score (nSPS) is 22.1. The third-order valence-corrected chi connectivity index (χ3v) is 3.79. The Balaban J connectivity index is 1.99. The van der Waals surface area contributed by atoms with Gasteiger partial charge in [0.25, 0.3) is 0 Å². The van der Waals surface area contributed by atoms with Crippen molar-refractivity contribution in [1.29, 1.82) is 0 Å². The Morgan fingerprint density at radius 3 is 2.89 bits per heavy atom. The minimum atomic E-state index is 0.692. The molecule has 0 N–H and O–H groups in total. The summed E-state index contributed by atoms with van der Waals surface area (Å²) in [6.45, 7) is 5.43. The smallest absolute Gasteiger partial charge is 0.0547 e. The summed E-state index contributed by atoms with van der Waals surface area (Å²) < 4.78 is 0. The number of aromatic nitrogens is 1. The number of aryl methyl sites for hydroxylation is 1. The molecule has 18 heavy (non-hydrogen) atoms. The molecule has 3 nitrogen and oxygen atoms in total. The first-order chi connectivity index (χ1) is 8.65. The first-order valence-corrected chi connectivity index (χ1v) is 6.96. The van der Waals surface area contributed by atoms with Crippen molar-refractivity contribution in [3.05, 3.63) is 29.6 Å². The monoisotopic (exact) mass is 247 g/mol. The molecule has 1 saturated heterocycles. The molecule has 0 spiro atoms. The largest absolute Gasteiger partial charge is 0.305 e. The molecule has 1 aromatic heterocycles. The van der Waals surface area contributed by atoms with Crippen LogP contribution in [0.25, 0.3) is 0 Å². The number of hydrogen-bond donors (Lipinski definition) is 0. The van der Waals surface area contributed by atoms with Gasteiger partial charge in [0, 0.05) is 24.8 Å². The zero-order chi connectivity index (χ0) is 13.0. The number of likely N-dealkylation sites (N-methyl/N-ethyl adjacent to an activating group) is 1. The third kappa shape index (κ3) is 3.79. The van der Waals surface area contributed by atoms with Crippen LogP contribution < -0.4 is 0 Å². The van der Waals surface area contributed by atoms with Gasteiger partial charge in [-0.05, 0) is 52.5 Å². The van der Waals surface area contributed by atoms with Gasteiger partial charge in [-0.1, -0.05) is 12.5 Å². The second-order valence-electron chi connectivity index (χ2n) is 5.62. The van der Waals surface area contributed by atoms with E-state index < -0.39 is 0 Å². The molecular weight excluding hydrogens is 222 g/mol. The fourth-order valence-corrected chi connectivity index (χ4v) is 2.68. The number of pyridine rings is 1. The second-order valence-corrected chi connectivity index (χ2v) is 5.62. The van der Waals surface area contributed by atoms with Gasteiger partial charge in [0.2, 0.25) is 0 Å². The molecule has 0 aromatic carbocycles. The summed E-state index contributed by atoms with van der Waals surface area (Å²) in [5.74, 6) is 0. The van der Waals surface area contributed by atoms with Crippen LogP contribution >= 0.6 is 0 Å². The highest BCUT2D eigenvalue weighted by Gasteiger charge is 2.19. The van der Waals surface area contributed by atoms with E-state index in [0.717, 1.165) is 12.2 Å². The molecule has 100 valence electrons. The molecule has 0 bridgehead atoms. The lowest BCUT2D eigenvalue weighted by molar-refractivity contribution is 0.190. The van der Waals surface area contributed by atoms with Crippen LogP contribution in [0.3, 0.4) is 0 Å². The van der Waals surface area contributed by atoms with E-state index in [1.807, 2.05) is 0 Å². The Kier molecular flexibility index (Phi) is 4.72. The fraction of sp³-hybridized carbons (Fsp3) is 0.667. The van der Waals surface area contributed by atoms with Crippen molar-refractivity contribution in [2.45, 2.75) is 38.8 Å². The molecule has 1 aliphatic heterocycles.